The summed E-state index contributed by atoms with van der Waals surface area (Å²) in [6, 6.07) is 14.6. The Labute approximate surface area is 163 Å². The van der Waals surface area contributed by atoms with Crippen LogP contribution in [-0.4, -0.2) is 44.3 Å². The summed E-state index contributed by atoms with van der Waals surface area (Å²) in [6.07, 6.45) is 2.54. The molecule has 4 heteroatoms. The Bertz CT molecular complexity index is 724. The standard InChI is InChI=1S/C23H32N2O2/c1-18-7-8-23(15-19(18)2)27-21-9-12-25(13-10-21)14-11-24-17-20-5-4-6-22(16-20)26-3/h4-8,15-16,21,24H,9-14,17H2,1-3H3. The molecule has 0 spiro atoms. The number of nitrogens with zero attached hydrogens (tertiary/aromatic N) is 1. The number of aryl methyl sites for hydroxylation is 2. The molecule has 0 aliphatic carbocycles. The zero-order valence-corrected chi connectivity index (χ0v) is 16.8. The van der Waals surface area contributed by atoms with Crippen LogP contribution < -0.4 is 14.8 Å². The maximum Gasteiger partial charge on any atom is 0.120 e. The van der Waals surface area contributed by atoms with Crippen molar-refractivity contribution in [3.8, 4) is 11.5 Å². The summed E-state index contributed by atoms with van der Waals surface area (Å²) in [6.45, 7) is 9.46. The Morgan fingerprint density at radius 2 is 1.81 bits per heavy atom. The molecule has 0 aromatic heterocycles. The lowest BCUT2D eigenvalue weighted by Gasteiger charge is -2.32. The number of methoxy groups -OCH3 is 1. The number of benzene rings is 2. The third-order valence-corrected chi connectivity index (χ3v) is 5.38. The van der Waals surface area contributed by atoms with Crippen molar-refractivity contribution in [2.24, 2.45) is 0 Å². The highest BCUT2D eigenvalue weighted by molar-refractivity contribution is 5.34. The predicted molar refractivity (Wildman–Crippen MR) is 111 cm³/mol. The summed E-state index contributed by atoms with van der Waals surface area (Å²) < 4.78 is 11.5. The summed E-state index contributed by atoms with van der Waals surface area (Å²) >= 11 is 0. The van der Waals surface area contributed by atoms with E-state index in [1.165, 1.54) is 16.7 Å². The number of rotatable bonds is 8. The molecule has 1 fully saturated rings. The van der Waals surface area contributed by atoms with Crippen LogP contribution in [0.2, 0.25) is 0 Å². The minimum Gasteiger partial charge on any atom is -0.497 e. The molecule has 0 unspecified atom stereocenters. The van der Waals surface area contributed by atoms with Gasteiger partial charge in [-0.3, -0.25) is 0 Å². The second-order valence-corrected chi connectivity index (χ2v) is 7.43. The van der Waals surface area contributed by atoms with Crippen molar-refractivity contribution in [2.75, 3.05) is 33.3 Å². The molecular formula is C23H32N2O2. The summed E-state index contributed by atoms with van der Waals surface area (Å²) in [5, 5.41) is 3.53. The van der Waals surface area contributed by atoms with Crippen LogP contribution in [-0.2, 0) is 6.54 Å². The van der Waals surface area contributed by atoms with Crippen LogP contribution in [0, 0.1) is 13.8 Å². The van der Waals surface area contributed by atoms with E-state index in [-0.39, 0.29) is 0 Å². The number of ether oxygens (including phenoxy) is 2. The Kier molecular flexibility index (Phi) is 7.13. The van der Waals surface area contributed by atoms with Gasteiger partial charge in [0.25, 0.3) is 0 Å². The van der Waals surface area contributed by atoms with Gasteiger partial charge < -0.3 is 19.7 Å². The molecule has 0 saturated carbocycles. The zero-order chi connectivity index (χ0) is 19.1. The third-order valence-electron chi connectivity index (χ3n) is 5.38. The van der Waals surface area contributed by atoms with E-state index in [4.69, 9.17) is 9.47 Å². The van der Waals surface area contributed by atoms with Crippen molar-refractivity contribution in [1.82, 2.24) is 10.2 Å². The Balaban J connectivity index is 1.34. The molecular weight excluding hydrogens is 336 g/mol. The molecule has 3 rings (SSSR count). The summed E-state index contributed by atoms with van der Waals surface area (Å²) in [5.74, 6) is 1.93. The topological polar surface area (TPSA) is 33.7 Å². The lowest BCUT2D eigenvalue weighted by Crippen LogP contribution is -2.41. The average molecular weight is 369 g/mol. The maximum atomic E-state index is 6.19. The van der Waals surface area contributed by atoms with E-state index in [0.717, 1.165) is 57.1 Å². The van der Waals surface area contributed by atoms with Crippen LogP contribution in [0.3, 0.4) is 0 Å². The number of likely N-dealkylation sites (tertiary alicyclic amines) is 1. The van der Waals surface area contributed by atoms with Gasteiger partial charge in [0.05, 0.1) is 7.11 Å². The lowest BCUT2D eigenvalue weighted by atomic mass is 10.1. The van der Waals surface area contributed by atoms with Gasteiger partial charge in [0, 0.05) is 32.7 Å². The first-order valence-corrected chi connectivity index (χ1v) is 9.94. The molecule has 0 atom stereocenters. The van der Waals surface area contributed by atoms with Crippen molar-refractivity contribution >= 4 is 0 Å². The zero-order valence-electron chi connectivity index (χ0n) is 16.8. The minimum absolute atomic E-state index is 0.341. The Morgan fingerprint density at radius 3 is 2.56 bits per heavy atom. The Hall–Kier alpha value is -2.04. The van der Waals surface area contributed by atoms with Gasteiger partial charge in [0.15, 0.2) is 0 Å². The fourth-order valence-corrected chi connectivity index (χ4v) is 3.48. The lowest BCUT2D eigenvalue weighted by molar-refractivity contribution is 0.101. The van der Waals surface area contributed by atoms with E-state index in [1.807, 2.05) is 12.1 Å². The highest BCUT2D eigenvalue weighted by Crippen LogP contribution is 2.21. The maximum absolute atomic E-state index is 6.19. The average Bonchev–Trinajstić information content (AvgIpc) is 2.69. The van der Waals surface area contributed by atoms with E-state index in [0.29, 0.717) is 6.10 Å². The molecule has 2 aromatic rings. The van der Waals surface area contributed by atoms with Crippen molar-refractivity contribution in [3.05, 3.63) is 59.2 Å². The van der Waals surface area contributed by atoms with E-state index in [9.17, 15) is 0 Å². The van der Waals surface area contributed by atoms with Gasteiger partial charge in [0.2, 0.25) is 0 Å². The molecule has 1 N–H and O–H groups in total. The normalized spacial score (nSPS) is 15.7. The van der Waals surface area contributed by atoms with E-state index in [2.05, 4.69) is 54.4 Å². The van der Waals surface area contributed by atoms with Gasteiger partial charge in [-0.2, -0.15) is 0 Å². The van der Waals surface area contributed by atoms with E-state index >= 15 is 0 Å². The fourth-order valence-electron chi connectivity index (χ4n) is 3.48. The molecule has 1 heterocycles. The molecule has 1 aliphatic rings. The SMILES string of the molecule is COc1cccc(CNCCN2CCC(Oc3ccc(C)c(C)c3)CC2)c1. The van der Waals surface area contributed by atoms with Crippen LogP contribution >= 0.6 is 0 Å². The molecule has 27 heavy (non-hydrogen) atoms. The third kappa shape index (κ3) is 5.98. The number of piperidine rings is 1. The molecule has 0 radical (unpaired) electrons. The summed E-state index contributed by atoms with van der Waals surface area (Å²) in [7, 11) is 1.71. The number of hydrogen-bond acceptors (Lipinski definition) is 4. The van der Waals surface area contributed by atoms with E-state index < -0.39 is 0 Å². The smallest absolute Gasteiger partial charge is 0.120 e. The quantitative estimate of drug-likeness (QED) is 0.716. The predicted octanol–water partition coefficient (Wildman–Crippen LogP) is 3.95. The molecule has 1 saturated heterocycles. The van der Waals surface area contributed by atoms with Gasteiger partial charge in [0.1, 0.15) is 17.6 Å². The van der Waals surface area contributed by atoms with Crippen molar-refractivity contribution in [2.45, 2.75) is 39.3 Å². The first kappa shape index (κ1) is 19.7. The van der Waals surface area contributed by atoms with Crippen LogP contribution in [0.15, 0.2) is 42.5 Å². The highest BCUT2D eigenvalue weighted by atomic mass is 16.5. The van der Waals surface area contributed by atoms with Gasteiger partial charge in [-0.05, 0) is 67.6 Å². The fraction of sp³-hybridized carbons (Fsp3) is 0.478. The molecule has 2 aromatic carbocycles. The monoisotopic (exact) mass is 368 g/mol. The first-order chi connectivity index (χ1) is 13.1. The van der Waals surface area contributed by atoms with Crippen molar-refractivity contribution < 1.29 is 9.47 Å². The molecule has 0 amide bonds. The Morgan fingerprint density at radius 1 is 1.00 bits per heavy atom. The van der Waals surface area contributed by atoms with Gasteiger partial charge in [-0.15, -0.1) is 0 Å². The molecule has 146 valence electrons. The van der Waals surface area contributed by atoms with Gasteiger partial charge in [-0.1, -0.05) is 18.2 Å². The van der Waals surface area contributed by atoms with Gasteiger partial charge >= 0.3 is 0 Å². The van der Waals surface area contributed by atoms with Crippen LogP contribution in [0.1, 0.15) is 29.5 Å². The number of nitrogens with one attached hydrogen (secondary N) is 1. The van der Waals surface area contributed by atoms with E-state index in [1.54, 1.807) is 7.11 Å². The molecule has 1 aliphatic heterocycles. The highest BCUT2D eigenvalue weighted by Gasteiger charge is 2.20. The first-order valence-electron chi connectivity index (χ1n) is 9.94. The van der Waals surface area contributed by atoms with Gasteiger partial charge in [-0.25, -0.2) is 0 Å². The number of hydrogen-bond donors (Lipinski definition) is 1. The molecule has 0 bridgehead atoms. The largest absolute Gasteiger partial charge is 0.497 e. The minimum atomic E-state index is 0.341. The van der Waals surface area contributed by atoms with Crippen molar-refractivity contribution in [3.63, 3.8) is 0 Å². The van der Waals surface area contributed by atoms with Crippen LogP contribution in [0.4, 0.5) is 0 Å². The van der Waals surface area contributed by atoms with Crippen molar-refractivity contribution in [1.29, 1.82) is 0 Å². The summed E-state index contributed by atoms with van der Waals surface area (Å²) in [4.78, 5) is 2.53. The second-order valence-electron chi connectivity index (χ2n) is 7.43. The molecule has 4 nitrogen and oxygen atoms in total. The second kappa shape index (κ2) is 9.77. The van der Waals surface area contributed by atoms with Crippen LogP contribution in [0.25, 0.3) is 0 Å². The summed E-state index contributed by atoms with van der Waals surface area (Å²) in [5.41, 5.74) is 3.88. The van der Waals surface area contributed by atoms with Crippen LogP contribution in [0.5, 0.6) is 11.5 Å².